The molecule has 0 aliphatic heterocycles. The van der Waals surface area contributed by atoms with E-state index in [4.69, 9.17) is 5.73 Å². The van der Waals surface area contributed by atoms with Gasteiger partial charge < -0.3 is 11.1 Å². The first-order chi connectivity index (χ1) is 8.06. The molecule has 0 saturated carbocycles. The van der Waals surface area contributed by atoms with Gasteiger partial charge in [-0.05, 0) is 41.1 Å². The van der Waals surface area contributed by atoms with Crippen LogP contribution in [0.15, 0.2) is 28.9 Å². The predicted molar refractivity (Wildman–Crippen MR) is 73.8 cm³/mol. The van der Waals surface area contributed by atoms with Crippen molar-refractivity contribution in [2.45, 2.75) is 13.5 Å². The lowest BCUT2D eigenvalue weighted by Gasteiger charge is -2.08. The van der Waals surface area contributed by atoms with E-state index in [1.54, 1.807) is 0 Å². The van der Waals surface area contributed by atoms with E-state index in [1.807, 2.05) is 43.0 Å². The van der Waals surface area contributed by atoms with Crippen LogP contribution in [0.5, 0.6) is 0 Å². The van der Waals surface area contributed by atoms with Crippen LogP contribution in [0.1, 0.15) is 11.3 Å². The van der Waals surface area contributed by atoms with E-state index in [2.05, 4.69) is 26.3 Å². The number of nitrogens with zero attached hydrogens (tertiary/aromatic N) is 2. The largest absolute Gasteiger partial charge is 0.399 e. The van der Waals surface area contributed by atoms with Crippen LogP contribution in [0.4, 0.5) is 11.4 Å². The normalized spacial score (nSPS) is 10.5. The second-order valence-electron chi connectivity index (χ2n) is 4.01. The average Bonchev–Trinajstić information content (AvgIpc) is 2.56. The molecule has 2 rings (SSSR count). The molecule has 2 aromatic rings. The van der Waals surface area contributed by atoms with Crippen LogP contribution in [-0.4, -0.2) is 9.78 Å². The second kappa shape index (κ2) is 4.79. The van der Waals surface area contributed by atoms with Crippen molar-refractivity contribution in [3.63, 3.8) is 0 Å². The third kappa shape index (κ3) is 2.79. The first-order valence-electron chi connectivity index (χ1n) is 5.34. The molecule has 1 aromatic heterocycles. The number of hydrogen-bond acceptors (Lipinski definition) is 3. The summed E-state index contributed by atoms with van der Waals surface area (Å²) in [6, 6.07) is 5.73. The number of nitrogens with one attached hydrogen (secondary N) is 1. The van der Waals surface area contributed by atoms with Crippen molar-refractivity contribution in [1.82, 2.24) is 9.78 Å². The highest BCUT2D eigenvalue weighted by molar-refractivity contribution is 9.10. The Balaban J connectivity index is 2.10. The molecule has 0 bridgehead atoms. The molecule has 0 aliphatic rings. The zero-order valence-electron chi connectivity index (χ0n) is 9.87. The maximum Gasteiger partial charge on any atom is 0.0643 e. The lowest BCUT2D eigenvalue weighted by molar-refractivity contribution is 0.756. The Morgan fingerprint density at radius 1 is 1.47 bits per heavy atom. The first kappa shape index (κ1) is 12.0. The second-order valence-corrected chi connectivity index (χ2v) is 4.86. The van der Waals surface area contributed by atoms with Gasteiger partial charge in [0, 0.05) is 41.2 Å². The smallest absolute Gasteiger partial charge is 0.0643 e. The van der Waals surface area contributed by atoms with Crippen molar-refractivity contribution >= 4 is 27.3 Å². The lowest BCUT2D eigenvalue weighted by Crippen LogP contribution is -2.01. The van der Waals surface area contributed by atoms with Gasteiger partial charge in [0.15, 0.2) is 0 Å². The van der Waals surface area contributed by atoms with E-state index in [0.29, 0.717) is 0 Å². The average molecular weight is 295 g/mol. The summed E-state index contributed by atoms with van der Waals surface area (Å²) in [6.45, 7) is 2.76. The fraction of sp³-hybridized carbons (Fsp3) is 0.250. The third-order valence-corrected chi connectivity index (χ3v) is 3.23. The molecule has 1 aromatic carbocycles. The van der Waals surface area contributed by atoms with E-state index < -0.39 is 0 Å². The topological polar surface area (TPSA) is 55.9 Å². The quantitative estimate of drug-likeness (QED) is 0.856. The Morgan fingerprint density at radius 3 is 2.82 bits per heavy atom. The fourth-order valence-corrected chi connectivity index (χ4v) is 2.22. The maximum absolute atomic E-state index is 5.69. The number of anilines is 2. The van der Waals surface area contributed by atoms with Gasteiger partial charge in [0.05, 0.1) is 5.69 Å². The van der Waals surface area contributed by atoms with E-state index in [1.165, 1.54) is 5.56 Å². The Kier molecular flexibility index (Phi) is 3.38. The molecule has 1 heterocycles. The minimum atomic E-state index is 0.750. The zero-order valence-corrected chi connectivity index (χ0v) is 11.5. The summed E-state index contributed by atoms with van der Waals surface area (Å²) in [4.78, 5) is 0. The van der Waals surface area contributed by atoms with Crippen molar-refractivity contribution in [2.75, 3.05) is 11.1 Å². The van der Waals surface area contributed by atoms with Crippen LogP contribution < -0.4 is 11.1 Å². The van der Waals surface area contributed by atoms with Crippen LogP contribution >= 0.6 is 15.9 Å². The lowest BCUT2D eigenvalue weighted by atomic mass is 10.2. The summed E-state index contributed by atoms with van der Waals surface area (Å²) in [7, 11) is 1.93. The number of aromatic nitrogens is 2. The molecule has 4 nitrogen and oxygen atoms in total. The van der Waals surface area contributed by atoms with Gasteiger partial charge in [0.25, 0.3) is 0 Å². The Labute approximate surface area is 109 Å². The van der Waals surface area contributed by atoms with Crippen LogP contribution in [0.25, 0.3) is 0 Å². The van der Waals surface area contributed by atoms with E-state index >= 15 is 0 Å². The number of hydrogen-bond donors (Lipinski definition) is 2. The van der Waals surface area contributed by atoms with Crippen molar-refractivity contribution in [3.05, 3.63) is 40.1 Å². The highest BCUT2D eigenvalue weighted by Gasteiger charge is 2.04. The molecule has 90 valence electrons. The molecule has 0 atom stereocenters. The summed E-state index contributed by atoms with van der Waals surface area (Å²) in [5.41, 5.74) is 9.71. The van der Waals surface area contributed by atoms with Crippen LogP contribution in [-0.2, 0) is 13.6 Å². The molecule has 0 spiro atoms. The molecule has 0 radical (unpaired) electrons. The standard InChI is InChI=1S/C12H15BrN4/c1-8-9(7-17(2)16-8)6-15-12-4-3-10(14)5-11(12)13/h3-5,7,15H,6,14H2,1-2H3. The number of aryl methyl sites for hydroxylation is 2. The van der Waals surface area contributed by atoms with Crippen molar-refractivity contribution in [2.24, 2.45) is 7.05 Å². The van der Waals surface area contributed by atoms with Crippen LogP contribution in [0.3, 0.4) is 0 Å². The van der Waals surface area contributed by atoms with E-state index in [0.717, 1.165) is 28.1 Å². The van der Waals surface area contributed by atoms with Gasteiger partial charge in [-0.25, -0.2) is 0 Å². The van der Waals surface area contributed by atoms with E-state index in [-0.39, 0.29) is 0 Å². The first-order valence-corrected chi connectivity index (χ1v) is 6.13. The molecule has 0 saturated heterocycles. The molecule has 0 amide bonds. The summed E-state index contributed by atoms with van der Waals surface area (Å²) in [6.07, 6.45) is 2.02. The van der Waals surface area contributed by atoms with Gasteiger partial charge in [-0.1, -0.05) is 0 Å². The van der Waals surface area contributed by atoms with E-state index in [9.17, 15) is 0 Å². The van der Waals surface area contributed by atoms with Gasteiger partial charge in [-0.2, -0.15) is 5.10 Å². The summed E-state index contributed by atoms with van der Waals surface area (Å²) >= 11 is 3.48. The number of nitrogen functional groups attached to an aromatic ring is 1. The van der Waals surface area contributed by atoms with Crippen molar-refractivity contribution < 1.29 is 0 Å². The molecule has 17 heavy (non-hydrogen) atoms. The minimum Gasteiger partial charge on any atom is -0.399 e. The van der Waals surface area contributed by atoms with Gasteiger partial charge in [0.2, 0.25) is 0 Å². The number of nitrogens with two attached hydrogens (primary N) is 1. The molecular weight excluding hydrogens is 280 g/mol. The number of halogens is 1. The molecular formula is C12H15BrN4. The third-order valence-electron chi connectivity index (χ3n) is 2.58. The summed E-state index contributed by atoms with van der Waals surface area (Å²) < 4.78 is 2.80. The Bertz CT molecular complexity index is 533. The van der Waals surface area contributed by atoms with Gasteiger partial charge in [-0.3, -0.25) is 4.68 Å². The summed E-state index contributed by atoms with van der Waals surface area (Å²) in [5.74, 6) is 0. The van der Waals surface area contributed by atoms with Crippen molar-refractivity contribution in [1.29, 1.82) is 0 Å². The molecule has 0 unspecified atom stereocenters. The molecule has 0 fully saturated rings. The minimum absolute atomic E-state index is 0.750. The Morgan fingerprint density at radius 2 is 2.24 bits per heavy atom. The van der Waals surface area contributed by atoms with Crippen LogP contribution in [0, 0.1) is 6.92 Å². The van der Waals surface area contributed by atoms with Gasteiger partial charge in [-0.15, -0.1) is 0 Å². The summed E-state index contributed by atoms with van der Waals surface area (Å²) in [5, 5.41) is 7.66. The monoisotopic (exact) mass is 294 g/mol. The number of benzene rings is 1. The maximum atomic E-state index is 5.69. The number of rotatable bonds is 3. The van der Waals surface area contributed by atoms with Gasteiger partial charge in [0.1, 0.15) is 0 Å². The van der Waals surface area contributed by atoms with Crippen molar-refractivity contribution in [3.8, 4) is 0 Å². The zero-order chi connectivity index (χ0) is 12.4. The highest BCUT2D eigenvalue weighted by atomic mass is 79.9. The molecule has 3 N–H and O–H groups in total. The molecule has 0 aliphatic carbocycles. The van der Waals surface area contributed by atoms with Gasteiger partial charge >= 0.3 is 0 Å². The Hall–Kier alpha value is -1.49. The van der Waals surface area contributed by atoms with Crippen LogP contribution in [0.2, 0.25) is 0 Å². The SMILES string of the molecule is Cc1nn(C)cc1CNc1ccc(N)cc1Br. The fourth-order valence-electron chi connectivity index (χ4n) is 1.69. The predicted octanol–water partition coefficient (Wildman–Crippen LogP) is 2.69. The molecule has 5 heteroatoms. The highest BCUT2D eigenvalue weighted by Crippen LogP contribution is 2.25.